The maximum atomic E-state index is 12.1. The van der Waals surface area contributed by atoms with E-state index in [0.29, 0.717) is 29.2 Å². The summed E-state index contributed by atoms with van der Waals surface area (Å²) in [5, 5.41) is 13.7. The molecule has 0 radical (unpaired) electrons. The minimum Gasteiger partial charge on any atom is -0.385 e. The van der Waals surface area contributed by atoms with Gasteiger partial charge < -0.3 is 14.6 Å². The van der Waals surface area contributed by atoms with Crippen molar-refractivity contribution < 1.29 is 14.3 Å². The normalized spacial score (nSPS) is 11.9. The van der Waals surface area contributed by atoms with Crippen molar-refractivity contribution in [3.63, 3.8) is 0 Å². The number of hydrogen-bond acceptors (Lipinski definition) is 6. The Morgan fingerprint density at radius 2 is 2.07 bits per heavy atom. The Labute approximate surface area is 167 Å². The summed E-state index contributed by atoms with van der Waals surface area (Å²) in [6, 6.07) is 6.83. The Morgan fingerprint density at radius 3 is 2.74 bits per heavy atom. The molecule has 2 N–H and O–H groups in total. The summed E-state index contributed by atoms with van der Waals surface area (Å²) >= 11 is 7.53. The van der Waals surface area contributed by atoms with Gasteiger partial charge in [-0.2, -0.15) is 0 Å². The fourth-order valence-electron chi connectivity index (χ4n) is 2.27. The molecule has 27 heavy (non-hydrogen) atoms. The van der Waals surface area contributed by atoms with Gasteiger partial charge in [0.2, 0.25) is 5.91 Å². The molecule has 1 aromatic carbocycles. The van der Waals surface area contributed by atoms with Crippen molar-refractivity contribution in [2.75, 3.05) is 20.8 Å². The van der Waals surface area contributed by atoms with Gasteiger partial charge in [-0.15, -0.1) is 10.2 Å². The average Bonchev–Trinajstić information content (AvgIpc) is 3.04. The van der Waals surface area contributed by atoms with E-state index in [2.05, 4.69) is 20.8 Å². The molecular formula is C17H22ClN5O3S. The summed E-state index contributed by atoms with van der Waals surface area (Å²) in [6.45, 7) is 2.89. The summed E-state index contributed by atoms with van der Waals surface area (Å²) in [7, 11) is 3.09. The lowest BCUT2D eigenvalue weighted by Gasteiger charge is -2.13. The number of nitrogens with zero attached hydrogens (tertiary/aromatic N) is 3. The predicted molar refractivity (Wildman–Crippen MR) is 105 cm³/mol. The first-order valence-electron chi connectivity index (χ1n) is 8.34. The van der Waals surface area contributed by atoms with Gasteiger partial charge in [-0.25, -0.2) is 4.79 Å². The van der Waals surface area contributed by atoms with Crippen LogP contribution >= 0.6 is 23.4 Å². The fourth-order valence-corrected chi connectivity index (χ4v) is 3.37. The van der Waals surface area contributed by atoms with Crippen LogP contribution < -0.4 is 10.6 Å². The molecule has 1 unspecified atom stereocenters. The summed E-state index contributed by atoms with van der Waals surface area (Å²) in [4.78, 5) is 23.5. The molecule has 2 aromatic rings. The second kappa shape index (κ2) is 10.3. The zero-order valence-electron chi connectivity index (χ0n) is 15.4. The van der Waals surface area contributed by atoms with E-state index in [1.165, 1.54) is 18.8 Å². The molecule has 146 valence electrons. The average molecular weight is 412 g/mol. The SMILES string of the molecule is CNC(=O)NC(=O)C(C)Sc1nnc(-c2ccccc2Cl)n1CCCOC. The summed E-state index contributed by atoms with van der Waals surface area (Å²) in [5.41, 5.74) is 0.762. The third-order valence-electron chi connectivity index (χ3n) is 3.68. The minimum absolute atomic E-state index is 0.412. The highest BCUT2D eigenvalue weighted by atomic mass is 35.5. The number of imide groups is 1. The van der Waals surface area contributed by atoms with Crippen LogP contribution in [-0.2, 0) is 16.1 Å². The van der Waals surface area contributed by atoms with Crippen LogP contribution in [0, 0.1) is 0 Å². The van der Waals surface area contributed by atoms with Gasteiger partial charge in [-0.1, -0.05) is 35.5 Å². The van der Waals surface area contributed by atoms with Gasteiger partial charge in [0.15, 0.2) is 11.0 Å². The lowest BCUT2D eigenvalue weighted by atomic mass is 10.2. The summed E-state index contributed by atoms with van der Waals surface area (Å²) < 4.78 is 7.04. The molecule has 2 rings (SSSR count). The van der Waals surface area contributed by atoms with Gasteiger partial charge in [0.1, 0.15) is 0 Å². The van der Waals surface area contributed by atoms with Gasteiger partial charge in [-0.3, -0.25) is 10.1 Å². The van der Waals surface area contributed by atoms with Gasteiger partial charge in [-0.05, 0) is 25.5 Å². The molecule has 1 heterocycles. The van der Waals surface area contributed by atoms with Crippen LogP contribution in [-0.4, -0.2) is 52.7 Å². The van der Waals surface area contributed by atoms with Crippen molar-refractivity contribution in [1.82, 2.24) is 25.4 Å². The number of halogens is 1. The number of urea groups is 1. The Kier molecular flexibility index (Phi) is 8.08. The molecular weight excluding hydrogens is 390 g/mol. The monoisotopic (exact) mass is 411 g/mol. The second-order valence-electron chi connectivity index (χ2n) is 5.61. The molecule has 1 aromatic heterocycles. The van der Waals surface area contributed by atoms with Crippen LogP contribution in [0.3, 0.4) is 0 Å². The molecule has 8 nitrogen and oxygen atoms in total. The van der Waals surface area contributed by atoms with Gasteiger partial charge in [0.25, 0.3) is 0 Å². The molecule has 10 heteroatoms. The first-order chi connectivity index (χ1) is 13.0. The summed E-state index contributed by atoms with van der Waals surface area (Å²) in [6.07, 6.45) is 0.748. The van der Waals surface area contributed by atoms with Crippen LogP contribution in [0.1, 0.15) is 13.3 Å². The number of amides is 3. The van der Waals surface area contributed by atoms with E-state index >= 15 is 0 Å². The highest BCUT2D eigenvalue weighted by molar-refractivity contribution is 8.00. The lowest BCUT2D eigenvalue weighted by Crippen LogP contribution is -2.41. The smallest absolute Gasteiger partial charge is 0.321 e. The molecule has 0 saturated heterocycles. The summed E-state index contributed by atoms with van der Waals surface area (Å²) in [5.74, 6) is 0.211. The van der Waals surface area contributed by atoms with Gasteiger partial charge in [0, 0.05) is 32.9 Å². The largest absolute Gasteiger partial charge is 0.385 e. The van der Waals surface area contributed by atoms with Gasteiger partial charge in [0.05, 0.1) is 10.3 Å². The molecule has 0 spiro atoms. The zero-order chi connectivity index (χ0) is 19.8. The predicted octanol–water partition coefficient (Wildman–Crippen LogP) is 2.57. The second-order valence-corrected chi connectivity index (χ2v) is 7.33. The van der Waals surface area contributed by atoms with E-state index in [1.54, 1.807) is 20.1 Å². The van der Waals surface area contributed by atoms with Crippen LogP contribution in [0.2, 0.25) is 5.02 Å². The third kappa shape index (κ3) is 5.69. The van der Waals surface area contributed by atoms with Crippen molar-refractivity contribution in [1.29, 1.82) is 0 Å². The number of rotatable bonds is 8. The molecule has 0 aliphatic rings. The van der Waals surface area contributed by atoms with E-state index in [1.807, 2.05) is 22.8 Å². The van der Waals surface area contributed by atoms with Crippen molar-refractivity contribution in [3.8, 4) is 11.4 Å². The minimum atomic E-state index is -0.550. The van der Waals surface area contributed by atoms with Crippen LogP contribution in [0.25, 0.3) is 11.4 Å². The standard InChI is InChI=1S/C17H22ClN5O3S/c1-11(15(24)20-16(25)19-2)27-17-22-21-14(23(17)9-6-10-26-3)12-7-4-5-8-13(12)18/h4-5,7-8,11H,6,9-10H2,1-3H3,(H2,19,20,24,25). The molecule has 1 atom stereocenters. The van der Waals surface area contributed by atoms with E-state index in [4.69, 9.17) is 16.3 Å². The number of benzene rings is 1. The lowest BCUT2D eigenvalue weighted by molar-refractivity contribution is -0.119. The molecule has 3 amide bonds. The topological polar surface area (TPSA) is 98.1 Å². The van der Waals surface area contributed by atoms with E-state index in [-0.39, 0.29) is 0 Å². The van der Waals surface area contributed by atoms with E-state index < -0.39 is 17.2 Å². The van der Waals surface area contributed by atoms with Crippen molar-refractivity contribution in [2.24, 2.45) is 0 Å². The number of thioether (sulfide) groups is 1. The number of carbonyl (C=O) groups excluding carboxylic acids is 2. The fraction of sp³-hybridized carbons (Fsp3) is 0.412. The maximum Gasteiger partial charge on any atom is 0.321 e. The Hall–Kier alpha value is -2.10. The van der Waals surface area contributed by atoms with Crippen molar-refractivity contribution in [3.05, 3.63) is 29.3 Å². The quantitative estimate of drug-likeness (QED) is 0.511. The van der Waals surface area contributed by atoms with Crippen LogP contribution in [0.4, 0.5) is 4.79 Å². The van der Waals surface area contributed by atoms with Crippen molar-refractivity contribution >= 4 is 35.3 Å². The Bertz CT molecular complexity index is 799. The van der Waals surface area contributed by atoms with Gasteiger partial charge >= 0.3 is 6.03 Å². The number of carbonyl (C=O) groups is 2. The van der Waals surface area contributed by atoms with E-state index in [9.17, 15) is 9.59 Å². The third-order valence-corrected chi connectivity index (χ3v) is 5.09. The molecule has 0 bridgehead atoms. The first-order valence-corrected chi connectivity index (χ1v) is 9.60. The highest BCUT2D eigenvalue weighted by Crippen LogP contribution is 2.30. The first kappa shape index (κ1) is 21.2. The number of hydrogen-bond donors (Lipinski definition) is 2. The zero-order valence-corrected chi connectivity index (χ0v) is 16.9. The molecule has 0 aliphatic carbocycles. The number of methoxy groups -OCH3 is 1. The van der Waals surface area contributed by atoms with Crippen LogP contribution in [0.5, 0.6) is 0 Å². The Balaban J connectivity index is 2.26. The number of nitrogens with one attached hydrogen (secondary N) is 2. The number of ether oxygens (including phenoxy) is 1. The maximum absolute atomic E-state index is 12.1. The Morgan fingerprint density at radius 1 is 1.33 bits per heavy atom. The molecule has 0 fully saturated rings. The number of aromatic nitrogens is 3. The molecule has 0 aliphatic heterocycles. The van der Waals surface area contributed by atoms with E-state index in [0.717, 1.165) is 12.0 Å². The molecule has 0 saturated carbocycles. The van der Waals surface area contributed by atoms with Crippen molar-refractivity contribution in [2.45, 2.75) is 30.3 Å². The highest BCUT2D eigenvalue weighted by Gasteiger charge is 2.22. The van der Waals surface area contributed by atoms with Crippen LogP contribution in [0.15, 0.2) is 29.4 Å².